The monoisotopic (exact) mass is 462 g/mol. The highest BCUT2D eigenvalue weighted by atomic mass is 35.5. The maximum atomic E-state index is 13.8. The Hall–Kier alpha value is -2.54. The molecule has 162 valence electrons. The number of aromatic nitrogens is 4. The Morgan fingerprint density at radius 2 is 2.16 bits per heavy atom. The van der Waals surface area contributed by atoms with Crippen LogP contribution in [-0.4, -0.2) is 53.9 Å². The van der Waals surface area contributed by atoms with Gasteiger partial charge in [-0.15, -0.1) is 0 Å². The molecule has 0 saturated carbocycles. The van der Waals surface area contributed by atoms with Crippen molar-refractivity contribution in [3.63, 3.8) is 0 Å². The molecule has 31 heavy (non-hydrogen) atoms. The minimum Gasteiger partial charge on any atom is -0.394 e. The van der Waals surface area contributed by atoms with Crippen molar-refractivity contribution in [2.45, 2.75) is 30.5 Å². The molecule has 10 nitrogen and oxygen atoms in total. The van der Waals surface area contributed by atoms with Crippen LogP contribution in [0.25, 0.3) is 11.2 Å². The van der Waals surface area contributed by atoms with Gasteiger partial charge in [0.1, 0.15) is 17.7 Å². The number of hydrogen-bond acceptors (Lipinski definition) is 9. The second kappa shape index (κ2) is 7.55. The molecule has 1 unspecified atom stereocenters. The molecule has 4 N–H and O–H groups in total. The predicted molar refractivity (Wildman–Crippen MR) is 114 cm³/mol. The van der Waals surface area contributed by atoms with E-state index in [9.17, 15) is 20.0 Å². The molecule has 3 aromatic rings. The van der Waals surface area contributed by atoms with Crippen LogP contribution in [0.1, 0.15) is 18.9 Å². The number of nitrogen functional groups attached to an aromatic ring is 1. The van der Waals surface area contributed by atoms with E-state index in [0.717, 1.165) is 0 Å². The third-order valence-corrected chi connectivity index (χ3v) is 8.96. The van der Waals surface area contributed by atoms with Crippen LogP contribution in [0.3, 0.4) is 0 Å². The minimum atomic E-state index is -3.99. The van der Waals surface area contributed by atoms with Gasteiger partial charge < -0.3 is 25.2 Å². The van der Waals surface area contributed by atoms with Crippen molar-refractivity contribution in [2.24, 2.45) is 0 Å². The summed E-state index contributed by atoms with van der Waals surface area (Å²) in [5, 5.41) is 29.8. The van der Waals surface area contributed by atoms with Gasteiger partial charge in [0, 0.05) is 23.2 Å². The number of anilines is 1. The van der Waals surface area contributed by atoms with Crippen LogP contribution in [0.5, 0.6) is 0 Å². The molecule has 0 bridgehead atoms. The zero-order chi connectivity index (χ0) is 22.4. The van der Waals surface area contributed by atoms with Crippen LogP contribution in [0, 0.1) is 11.1 Å². The molecule has 12 heteroatoms. The molecule has 1 aliphatic rings. The zero-order valence-electron chi connectivity index (χ0n) is 16.5. The van der Waals surface area contributed by atoms with Crippen molar-refractivity contribution in [2.75, 3.05) is 18.5 Å². The number of ether oxygens (including phenoxy) is 1. The number of fused-ring (bicyclic) bond motifs is 1. The molecule has 4 atom stereocenters. The quantitative estimate of drug-likeness (QED) is 0.482. The van der Waals surface area contributed by atoms with Crippen LogP contribution in [0.15, 0.2) is 36.9 Å². The fraction of sp³-hybridized carbons (Fsp3) is 0.368. The number of hydrogen-bond donors (Lipinski definition) is 3. The number of nitrogens with zero attached hydrogens (tertiary/aromatic N) is 5. The highest BCUT2D eigenvalue weighted by Gasteiger charge is 2.70. The van der Waals surface area contributed by atoms with E-state index in [1.165, 1.54) is 17.2 Å². The fourth-order valence-corrected chi connectivity index (χ4v) is 6.58. The first-order valence-electron chi connectivity index (χ1n) is 9.48. The lowest BCUT2D eigenvalue weighted by Crippen LogP contribution is -2.53. The van der Waals surface area contributed by atoms with Crippen molar-refractivity contribution in [3.8, 4) is 5.81 Å². The first-order chi connectivity index (χ1) is 14.8. The summed E-state index contributed by atoms with van der Waals surface area (Å²) in [7, 11) is -3.99. The third-order valence-electron chi connectivity index (χ3n) is 5.74. The highest BCUT2D eigenvalue weighted by molar-refractivity contribution is 7.70. The van der Waals surface area contributed by atoms with E-state index in [0.29, 0.717) is 0 Å². The number of rotatable bonds is 5. The summed E-state index contributed by atoms with van der Waals surface area (Å²) < 4.78 is 21.4. The van der Waals surface area contributed by atoms with Crippen LogP contribution in [-0.2, 0) is 15.0 Å². The Balaban J connectivity index is 2.18. The Kier molecular flexibility index (Phi) is 5.28. The Morgan fingerprint density at radius 3 is 2.81 bits per heavy atom. The molecular formula is C19H20ClN6O4P. The van der Waals surface area contributed by atoms with Crippen molar-refractivity contribution in [3.05, 3.63) is 47.5 Å². The van der Waals surface area contributed by atoms with Crippen LogP contribution >= 0.6 is 18.7 Å². The Morgan fingerprint density at radius 1 is 1.42 bits per heavy atom. The summed E-state index contributed by atoms with van der Waals surface area (Å²) in [6, 6.07) is 6.54. The van der Waals surface area contributed by atoms with Crippen LogP contribution in [0.2, 0.25) is 5.02 Å². The molecule has 0 amide bonds. The molecule has 2 aromatic heterocycles. The number of nitriles is 1. The van der Waals surface area contributed by atoms with Crippen molar-refractivity contribution < 1.29 is 19.5 Å². The maximum absolute atomic E-state index is 13.8. The molecule has 0 aliphatic carbocycles. The van der Waals surface area contributed by atoms with Crippen LogP contribution in [0.4, 0.5) is 5.82 Å². The van der Waals surface area contributed by atoms with E-state index in [4.69, 9.17) is 22.1 Å². The maximum Gasteiger partial charge on any atom is 0.216 e. The molecule has 3 heterocycles. The van der Waals surface area contributed by atoms with Gasteiger partial charge in [0.15, 0.2) is 16.8 Å². The molecular weight excluding hydrogens is 443 g/mol. The van der Waals surface area contributed by atoms with E-state index in [1.807, 2.05) is 5.81 Å². The van der Waals surface area contributed by atoms with Gasteiger partial charge in [0.25, 0.3) is 0 Å². The lowest BCUT2D eigenvalue weighted by atomic mass is 9.94. The molecule has 0 radical (unpaired) electrons. The van der Waals surface area contributed by atoms with E-state index >= 15 is 0 Å². The molecule has 1 aromatic carbocycles. The van der Waals surface area contributed by atoms with Crippen molar-refractivity contribution in [1.82, 2.24) is 19.5 Å². The minimum absolute atomic E-state index is 0.0947. The van der Waals surface area contributed by atoms with Gasteiger partial charge in [-0.05, 0) is 6.07 Å². The zero-order valence-corrected chi connectivity index (χ0v) is 18.2. The van der Waals surface area contributed by atoms with Crippen molar-refractivity contribution in [1.29, 1.82) is 5.26 Å². The summed E-state index contributed by atoms with van der Waals surface area (Å²) in [5.74, 6) is 1.92. The van der Waals surface area contributed by atoms with Gasteiger partial charge >= 0.3 is 0 Å². The number of aliphatic hydroxyl groups excluding tert-OH is 1. The first kappa shape index (κ1) is 21.7. The molecule has 1 aliphatic heterocycles. The average molecular weight is 463 g/mol. The van der Waals surface area contributed by atoms with E-state index in [1.54, 1.807) is 31.2 Å². The summed E-state index contributed by atoms with van der Waals surface area (Å²) in [6.45, 7) is 1.07. The number of aliphatic hydroxyl groups is 2. The molecule has 1 saturated heterocycles. The lowest BCUT2D eigenvalue weighted by molar-refractivity contribution is -0.130. The van der Waals surface area contributed by atoms with Gasteiger partial charge in [-0.3, -0.25) is 4.57 Å². The average Bonchev–Trinajstić information content (AvgIpc) is 3.34. The van der Waals surface area contributed by atoms with Gasteiger partial charge in [0.2, 0.25) is 12.9 Å². The Bertz CT molecular complexity index is 1250. The number of imidazole rings is 1. The normalized spacial score (nSPS) is 27.8. The van der Waals surface area contributed by atoms with Gasteiger partial charge in [-0.25, -0.2) is 15.0 Å². The van der Waals surface area contributed by atoms with E-state index < -0.39 is 30.9 Å². The first-order valence-corrected chi connectivity index (χ1v) is 11.8. The molecule has 0 spiro atoms. The highest BCUT2D eigenvalue weighted by Crippen LogP contribution is 2.69. The topological polar surface area (TPSA) is 160 Å². The fourth-order valence-electron chi connectivity index (χ4n) is 4.22. The van der Waals surface area contributed by atoms with Gasteiger partial charge in [-0.2, -0.15) is 5.26 Å². The summed E-state index contributed by atoms with van der Waals surface area (Å²) in [4.78, 5) is 12.4. The largest absolute Gasteiger partial charge is 0.394 e. The number of benzene rings is 1. The number of nitrogens with two attached hydrogens (primary N) is 1. The standard InChI is InChI=1S/C19H20ClN6O4P/c1-2-31(29,9-21)18(28)7-12(8-27)30-19(18,13-5-3-4-6-14(13)20)26-11-25-15-16(22)23-10-24-17(15)26/h3-6,10-12,27-28H,2,7-8H2,1H3,(H2,22,23,24)/t12-,18-,19+,31?/m0/s1. The second-order valence-electron chi connectivity index (χ2n) is 7.27. The summed E-state index contributed by atoms with van der Waals surface area (Å²) >= 11 is 6.53. The SMILES string of the molecule is CCP(=O)(C#N)[C@@]1(O)C[C@@H](CO)O[C@@]1(c1ccccc1Cl)n1cnc2c(N)ncnc21. The van der Waals surface area contributed by atoms with Crippen molar-refractivity contribution >= 4 is 35.7 Å². The van der Waals surface area contributed by atoms with Crippen LogP contribution < -0.4 is 5.73 Å². The predicted octanol–water partition coefficient (Wildman–Crippen LogP) is 2.10. The van der Waals surface area contributed by atoms with Gasteiger partial charge in [0.05, 0.1) is 19.0 Å². The van der Waals surface area contributed by atoms with Gasteiger partial charge in [-0.1, -0.05) is 36.7 Å². The lowest BCUT2D eigenvalue weighted by Gasteiger charge is -2.43. The molecule has 4 rings (SSSR count). The smallest absolute Gasteiger partial charge is 0.216 e. The number of halogens is 1. The summed E-state index contributed by atoms with van der Waals surface area (Å²) in [6.07, 6.45) is 1.20. The third kappa shape index (κ3) is 2.82. The second-order valence-corrected chi connectivity index (χ2v) is 10.7. The summed E-state index contributed by atoms with van der Waals surface area (Å²) in [5.41, 5.74) is 4.62. The van der Waals surface area contributed by atoms with E-state index in [2.05, 4.69) is 15.0 Å². The van der Waals surface area contributed by atoms with E-state index in [-0.39, 0.29) is 40.2 Å². The molecule has 1 fully saturated rings. The Labute approximate surface area is 182 Å².